The maximum atomic E-state index is 13.6. The van der Waals surface area contributed by atoms with Crippen LogP contribution in [0.5, 0.6) is 5.75 Å². The summed E-state index contributed by atoms with van der Waals surface area (Å²) < 4.78 is 50.6. The van der Waals surface area contributed by atoms with E-state index in [1.807, 2.05) is 0 Å². The molecule has 1 amide bonds. The van der Waals surface area contributed by atoms with E-state index < -0.39 is 35.8 Å². The first-order valence-corrected chi connectivity index (χ1v) is 10.1. The molecule has 1 heterocycles. The lowest BCUT2D eigenvalue weighted by Crippen LogP contribution is -2.48. The monoisotopic (exact) mass is 496 g/mol. The Bertz CT molecular complexity index is 925. The van der Waals surface area contributed by atoms with Gasteiger partial charge in [0.1, 0.15) is 11.8 Å². The highest BCUT2D eigenvalue weighted by Gasteiger charge is 2.49. The number of ether oxygens (including phenoxy) is 2. The first kappa shape index (κ1) is 25.6. The van der Waals surface area contributed by atoms with Gasteiger partial charge in [-0.15, -0.1) is 0 Å². The third-order valence-corrected chi connectivity index (χ3v) is 4.95. The van der Waals surface area contributed by atoms with Crippen LogP contribution in [-0.4, -0.2) is 49.8 Å². The Morgan fingerprint density at radius 1 is 1.31 bits per heavy atom. The summed E-state index contributed by atoms with van der Waals surface area (Å²) in [4.78, 5) is 24.8. The van der Waals surface area contributed by atoms with Crippen molar-refractivity contribution in [3.05, 3.63) is 33.3 Å². The predicted molar refractivity (Wildman–Crippen MR) is 113 cm³/mol. The van der Waals surface area contributed by atoms with Crippen molar-refractivity contribution in [3.8, 4) is 5.75 Å². The molecular weight excluding hydrogens is 476 g/mol. The van der Waals surface area contributed by atoms with Gasteiger partial charge in [-0.3, -0.25) is 10.2 Å². The zero-order chi connectivity index (χ0) is 24.1. The molecule has 0 saturated carbocycles. The van der Waals surface area contributed by atoms with E-state index in [1.54, 1.807) is 0 Å². The van der Waals surface area contributed by atoms with E-state index in [4.69, 9.17) is 39.1 Å². The minimum Gasteiger partial charge on any atom is -0.474 e. The maximum Gasteiger partial charge on any atom is 0.429 e. The number of hydrogen-bond acceptors (Lipinski definition) is 5. The molecule has 1 aromatic rings. The van der Waals surface area contributed by atoms with Gasteiger partial charge in [0.15, 0.2) is 5.96 Å². The van der Waals surface area contributed by atoms with Crippen molar-refractivity contribution >= 4 is 47.1 Å². The van der Waals surface area contributed by atoms with Crippen molar-refractivity contribution < 1.29 is 32.2 Å². The van der Waals surface area contributed by atoms with Crippen molar-refractivity contribution in [2.75, 3.05) is 13.7 Å². The summed E-state index contributed by atoms with van der Waals surface area (Å²) in [5.41, 5.74) is 4.51. The van der Waals surface area contributed by atoms with Crippen LogP contribution in [0.25, 0.3) is 6.08 Å². The molecule has 13 heteroatoms. The van der Waals surface area contributed by atoms with Crippen molar-refractivity contribution in [1.82, 2.24) is 10.6 Å². The average molecular weight is 497 g/mol. The zero-order valence-electron chi connectivity index (χ0n) is 16.8. The molecule has 0 aromatic heterocycles. The minimum atomic E-state index is -4.93. The lowest BCUT2D eigenvalue weighted by molar-refractivity contribution is -0.185. The van der Waals surface area contributed by atoms with Gasteiger partial charge in [-0.25, -0.2) is 4.79 Å². The Balaban J connectivity index is 2.24. The summed E-state index contributed by atoms with van der Waals surface area (Å²) in [5.74, 6) is -2.43. The van der Waals surface area contributed by atoms with Crippen LogP contribution in [0.4, 0.5) is 13.2 Å². The second kappa shape index (κ2) is 10.8. The standard InChI is InChI=1S/C19H21Cl2F3N4O4/c1-31-17(30)13(4-2-3-5-27-18(25)26)28-16(29)11-7-9-6-10(20)8-12(21)14(9)32-15(11)19(22,23)24/h6-8,13,15H,2-5H2,1H3,(H,28,29)(H4,25,26,27)/t13-,15-/m0/s1. The number of carbonyl (C=O) groups excluding carboxylic acids is 2. The molecular formula is C19H21Cl2F3N4O4. The number of benzene rings is 1. The second-order valence-corrected chi connectivity index (χ2v) is 7.67. The van der Waals surface area contributed by atoms with E-state index in [0.29, 0.717) is 19.4 Å². The number of guanidine groups is 1. The second-order valence-electron chi connectivity index (χ2n) is 6.83. The van der Waals surface area contributed by atoms with Crippen molar-refractivity contribution in [1.29, 1.82) is 5.41 Å². The molecule has 2 rings (SSSR count). The Kier molecular flexibility index (Phi) is 8.62. The summed E-state index contributed by atoms with van der Waals surface area (Å²) in [6.45, 7) is 0.352. The van der Waals surface area contributed by atoms with E-state index in [9.17, 15) is 22.8 Å². The molecule has 2 atom stereocenters. The molecule has 0 unspecified atom stereocenters. The first-order chi connectivity index (χ1) is 14.9. The SMILES string of the molecule is COC(=O)[C@H](CCCCNC(=N)N)NC(=O)C1=Cc2cc(Cl)cc(Cl)c2O[C@@H]1C(F)(F)F. The zero-order valence-corrected chi connectivity index (χ0v) is 18.3. The van der Waals surface area contributed by atoms with Crippen LogP contribution in [0, 0.1) is 5.41 Å². The van der Waals surface area contributed by atoms with Crippen molar-refractivity contribution in [3.63, 3.8) is 0 Å². The molecule has 0 bridgehead atoms. The summed E-state index contributed by atoms with van der Waals surface area (Å²) in [5, 5.41) is 11.9. The van der Waals surface area contributed by atoms with Gasteiger partial charge in [-0.2, -0.15) is 13.2 Å². The molecule has 0 aliphatic carbocycles. The van der Waals surface area contributed by atoms with Crippen LogP contribution in [0.15, 0.2) is 17.7 Å². The first-order valence-electron chi connectivity index (χ1n) is 9.34. The fourth-order valence-corrected chi connectivity index (χ4v) is 3.55. The molecule has 176 valence electrons. The Hall–Kier alpha value is -2.66. The highest BCUT2D eigenvalue weighted by molar-refractivity contribution is 6.36. The van der Waals surface area contributed by atoms with Gasteiger partial charge in [0.25, 0.3) is 5.91 Å². The molecule has 32 heavy (non-hydrogen) atoms. The number of rotatable bonds is 8. The molecule has 1 aliphatic rings. The van der Waals surface area contributed by atoms with Gasteiger partial charge in [0.2, 0.25) is 6.10 Å². The van der Waals surface area contributed by atoms with Crippen LogP contribution < -0.4 is 21.1 Å². The number of fused-ring (bicyclic) bond motifs is 1. The molecule has 0 spiro atoms. The van der Waals surface area contributed by atoms with E-state index in [0.717, 1.165) is 13.2 Å². The number of hydrogen-bond donors (Lipinski definition) is 4. The van der Waals surface area contributed by atoms with Crippen molar-refractivity contribution in [2.24, 2.45) is 5.73 Å². The average Bonchev–Trinajstić information content (AvgIpc) is 2.69. The minimum absolute atomic E-state index is 0.0943. The molecule has 0 radical (unpaired) electrons. The van der Waals surface area contributed by atoms with Crippen LogP contribution in [0.3, 0.4) is 0 Å². The molecule has 0 fully saturated rings. The molecule has 8 nitrogen and oxygen atoms in total. The number of methoxy groups -OCH3 is 1. The lowest BCUT2D eigenvalue weighted by atomic mass is 9.99. The molecule has 5 N–H and O–H groups in total. The Morgan fingerprint density at radius 3 is 2.59 bits per heavy atom. The number of nitrogens with one attached hydrogen (secondary N) is 3. The van der Waals surface area contributed by atoms with E-state index in [1.165, 1.54) is 12.1 Å². The van der Waals surface area contributed by atoms with E-state index in [2.05, 4.69) is 15.4 Å². The highest BCUT2D eigenvalue weighted by atomic mass is 35.5. The van der Waals surface area contributed by atoms with Crippen LogP contribution in [0.1, 0.15) is 24.8 Å². The van der Waals surface area contributed by atoms with Crippen LogP contribution in [-0.2, 0) is 14.3 Å². The summed E-state index contributed by atoms with van der Waals surface area (Å²) >= 11 is 11.8. The van der Waals surface area contributed by atoms with Gasteiger partial charge < -0.3 is 25.8 Å². The van der Waals surface area contributed by atoms with Gasteiger partial charge in [0, 0.05) is 17.1 Å². The molecule has 0 saturated heterocycles. The summed E-state index contributed by atoms with van der Waals surface area (Å²) in [7, 11) is 1.10. The predicted octanol–water partition coefficient (Wildman–Crippen LogP) is 3.01. The number of alkyl halides is 3. The molecule has 1 aromatic carbocycles. The van der Waals surface area contributed by atoms with Crippen LogP contribution >= 0.6 is 23.2 Å². The summed E-state index contributed by atoms with van der Waals surface area (Å²) in [6.07, 6.45) is -5.56. The van der Waals surface area contributed by atoms with Gasteiger partial charge >= 0.3 is 12.1 Å². The van der Waals surface area contributed by atoms with Crippen LogP contribution in [0.2, 0.25) is 10.0 Å². The maximum absolute atomic E-state index is 13.6. The van der Waals surface area contributed by atoms with Gasteiger partial charge in [-0.1, -0.05) is 23.2 Å². The number of unbranched alkanes of at least 4 members (excludes halogenated alkanes) is 1. The third-order valence-electron chi connectivity index (χ3n) is 4.45. The number of carbonyl (C=O) groups is 2. The normalized spacial score (nSPS) is 16.2. The van der Waals surface area contributed by atoms with Crippen molar-refractivity contribution in [2.45, 2.75) is 37.6 Å². The number of halogens is 5. The fourth-order valence-electron chi connectivity index (χ4n) is 2.99. The topological polar surface area (TPSA) is 127 Å². The van der Waals surface area contributed by atoms with E-state index >= 15 is 0 Å². The summed E-state index contributed by atoms with van der Waals surface area (Å²) in [6, 6.07) is 1.34. The van der Waals surface area contributed by atoms with E-state index in [-0.39, 0.29) is 33.7 Å². The number of nitrogens with two attached hydrogens (primary N) is 1. The van der Waals surface area contributed by atoms with Gasteiger partial charge in [-0.05, 0) is 37.5 Å². The number of esters is 1. The smallest absolute Gasteiger partial charge is 0.429 e. The lowest BCUT2D eigenvalue weighted by Gasteiger charge is -2.29. The molecule has 1 aliphatic heterocycles. The third kappa shape index (κ3) is 6.67. The van der Waals surface area contributed by atoms with Gasteiger partial charge in [0.05, 0.1) is 17.7 Å². The Morgan fingerprint density at radius 2 is 2.00 bits per heavy atom. The fraction of sp³-hybridized carbons (Fsp3) is 0.421. The number of amides is 1. The largest absolute Gasteiger partial charge is 0.474 e. The Labute approximate surface area is 191 Å². The highest BCUT2D eigenvalue weighted by Crippen LogP contribution is 2.42. The quantitative estimate of drug-likeness (QED) is 0.189.